The van der Waals surface area contributed by atoms with Crippen LogP contribution < -0.4 is 5.32 Å². The largest absolute Gasteiger partial charge is 0.348 e. The number of halogens is 1. The van der Waals surface area contributed by atoms with Gasteiger partial charge in [-0.25, -0.2) is 9.07 Å². The average molecular weight is 374 g/mol. The number of carbonyl (C=O) groups excluding carboxylic acids is 1. The summed E-state index contributed by atoms with van der Waals surface area (Å²) in [6, 6.07) is 17.7. The summed E-state index contributed by atoms with van der Waals surface area (Å²) in [7, 11) is 0. The van der Waals surface area contributed by atoms with Gasteiger partial charge in [-0.3, -0.25) is 4.79 Å². The van der Waals surface area contributed by atoms with Gasteiger partial charge in [0.15, 0.2) is 5.82 Å². The van der Waals surface area contributed by atoms with E-state index in [1.807, 2.05) is 60.3 Å². The maximum Gasteiger partial charge on any atom is 0.256 e. The van der Waals surface area contributed by atoms with Crippen molar-refractivity contribution in [3.63, 3.8) is 0 Å². The van der Waals surface area contributed by atoms with Crippen LogP contribution in [0.1, 0.15) is 21.5 Å². The highest BCUT2D eigenvalue weighted by Crippen LogP contribution is 2.20. The van der Waals surface area contributed by atoms with Crippen LogP contribution in [0.5, 0.6) is 0 Å². The van der Waals surface area contributed by atoms with Crippen LogP contribution in [-0.2, 0) is 6.54 Å². The number of nitrogens with zero attached hydrogens (tertiary/aromatic N) is 3. The summed E-state index contributed by atoms with van der Waals surface area (Å²) in [5, 5.41) is 7.32. The number of rotatable bonds is 5. The normalized spacial score (nSPS) is 10.8. The molecule has 0 aliphatic heterocycles. The fraction of sp³-hybridized carbons (Fsp3) is 0.0909. The van der Waals surface area contributed by atoms with Crippen LogP contribution in [0.25, 0.3) is 11.5 Å². The highest BCUT2D eigenvalue weighted by Gasteiger charge is 2.19. The van der Waals surface area contributed by atoms with E-state index in [0.29, 0.717) is 23.6 Å². The molecule has 0 radical (unpaired) electrons. The van der Waals surface area contributed by atoms with Gasteiger partial charge in [0.2, 0.25) is 0 Å². The topological polar surface area (TPSA) is 51.9 Å². The molecule has 0 unspecified atom stereocenters. The van der Waals surface area contributed by atoms with Gasteiger partial charge in [-0.1, -0.05) is 29.8 Å². The van der Waals surface area contributed by atoms with E-state index in [1.54, 1.807) is 16.8 Å². The zero-order valence-electron chi connectivity index (χ0n) is 15.3. The molecular formula is C22H19FN4O. The van der Waals surface area contributed by atoms with Gasteiger partial charge in [0.1, 0.15) is 11.4 Å². The monoisotopic (exact) mass is 374 g/mol. The van der Waals surface area contributed by atoms with Crippen LogP contribution in [-0.4, -0.2) is 20.3 Å². The minimum atomic E-state index is -0.325. The van der Waals surface area contributed by atoms with E-state index in [9.17, 15) is 9.18 Å². The van der Waals surface area contributed by atoms with Gasteiger partial charge in [-0.05, 0) is 48.9 Å². The number of amides is 1. The predicted molar refractivity (Wildman–Crippen MR) is 105 cm³/mol. The summed E-state index contributed by atoms with van der Waals surface area (Å²) in [5.41, 5.74) is 3.30. The van der Waals surface area contributed by atoms with Crippen molar-refractivity contribution in [3.05, 3.63) is 102 Å². The lowest BCUT2D eigenvalue weighted by Gasteiger charge is -2.11. The molecule has 2 aromatic heterocycles. The second-order valence-corrected chi connectivity index (χ2v) is 6.53. The molecule has 6 heteroatoms. The van der Waals surface area contributed by atoms with Crippen LogP contribution >= 0.6 is 0 Å². The molecule has 4 rings (SSSR count). The minimum absolute atomic E-state index is 0.224. The Morgan fingerprint density at radius 2 is 1.71 bits per heavy atom. The summed E-state index contributed by atoms with van der Waals surface area (Å²) in [4.78, 5) is 12.9. The number of hydrogen-bond donors (Lipinski definition) is 1. The van der Waals surface area contributed by atoms with Crippen LogP contribution in [0.4, 0.5) is 4.39 Å². The van der Waals surface area contributed by atoms with Gasteiger partial charge in [0.25, 0.3) is 5.91 Å². The van der Waals surface area contributed by atoms with Gasteiger partial charge >= 0.3 is 0 Å². The molecule has 0 bridgehead atoms. The van der Waals surface area contributed by atoms with Gasteiger partial charge in [0.05, 0.1) is 11.9 Å². The van der Waals surface area contributed by atoms with E-state index in [-0.39, 0.29) is 11.7 Å². The molecule has 140 valence electrons. The third kappa shape index (κ3) is 3.57. The summed E-state index contributed by atoms with van der Waals surface area (Å²) in [6.45, 7) is 2.45. The lowest BCUT2D eigenvalue weighted by atomic mass is 10.1. The third-order valence-corrected chi connectivity index (χ3v) is 4.48. The molecule has 0 spiro atoms. The Bertz CT molecular complexity index is 1080. The first-order valence-electron chi connectivity index (χ1n) is 8.93. The highest BCUT2D eigenvalue weighted by molar-refractivity contribution is 5.97. The first-order chi connectivity index (χ1) is 13.6. The fourth-order valence-electron chi connectivity index (χ4n) is 2.98. The molecule has 0 saturated heterocycles. The zero-order chi connectivity index (χ0) is 19.5. The molecule has 0 saturated carbocycles. The Kier molecular flexibility index (Phi) is 4.76. The molecule has 0 aliphatic carbocycles. The van der Waals surface area contributed by atoms with Gasteiger partial charge in [-0.2, -0.15) is 5.10 Å². The van der Waals surface area contributed by atoms with Crippen molar-refractivity contribution in [2.75, 3.05) is 0 Å². The average Bonchev–Trinajstić information content (AvgIpc) is 3.37. The summed E-state index contributed by atoms with van der Waals surface area (Å²) in [5.74, 6) is 0.0464. The van der Waals surface area contributed by atoms with E-state index in [1.165, 1.54) is 23.9 Å². The van der Waals surface area contributed by atoms with Crippen molar-refractivity contribution >= 4 is 5.91 Å². The summed E-state index contributed by atoms with van der Waals surface area (Å²) in [6.07, 6.45) is 5.21. The number of nitrogens with one attached hydrogen (secondary N) is 1. The van der Waals surface area contributed by atoms with E-state index in [0.717, 1.165) is 5.56 Å². The maximum atomic E-state index is 13.3. The zero-order valence-corrected chi connectivity index (χ0v) is 15.3. The standard InChI is InChI=1S/C22H19FN4O/c1-16-4-6-17(7-5-16)14-24-21(28)20-15-25-27(19-10-8-18(23)9-11-19)22(20)26-12-2-3-13-26/h2-13,15H,14H2,1H3,(H,24,28). The molecule has 1 amide bonds. The summed E-state index contributed by atoms with van der Waals surface area (Å²) >= 11 is 0. The number of benzene rings is 2. The second kappa shape index (κ2) is 7.52. The van der Waals surface area contributed by atoms with Crippen molar-refractivity contribution in [3.8, 4) is 11.5 Å². The quantitative estimate of drug-likeness (QED) is 0.573. The maximum absolute atomic E-state index is 13.3. The van der Waals surface area contributed by atoms with E-state index in [2.05, 4.69) is 10.4 Å². The number of aryl methyl sites for hydroxylation is 1. The smallest absolute Gasteiger partial charge is 0.256 e. The molecule has 4 aromatic rings. The van der Waals surface area contributed by atoms with Gasteiger partial charge in [-0.15, -0.1) is 0 Å². The molecule has 0 atom stereocenters. The first kappa shape index (κ1) is 17.7. The molecule has 28 heavy (non-hydrogen) atoms. The van der Waals surface area contributed by atoms with Crippen molar-refractivity contribution in [2.24, 2.45) is 0 Å². The van der Waals surface area contributed by atoms with Gasteiger partial charge in [0, 0.05) is 18.9 Å². The van der Waals surface area contributed by atoms with E-state index < -0.39 is 0 Å². The number of carbonyl (C=O) groups is 1. The second-order valence-electron chi connectivity index (χ2n) is 6.53. The van der Waals surface area contributed by atoms with Crippen molar-refractivity contribution in [2.45, 2.75) is 13.5 Å². The van der Waals surface area contributed by atoms with Crippen LogP contribution in [0, 0.1) is 12.7 Å². The molecule has 2 aromatic carbocycles. The Morgan fingerprint density at radius 1 is 1.04 bits per heavy atom. The van der Waals surface area contributed by atoms with Gasteiger partial charge < -0.3 is 9.88 Å². The van der Waals surface area contributed by atoms with Crippen LogP contribution in [0.2, 0.25) is 0 Å². The Labute approximate surface area is 162 Å². The van der Waals surface area contributed by atoms with Crippen molar-refractivity contribution in [1.29, 1.82) is 0 Å². The Hall–Kier alpha value is -3.67. The molecule has 5 nitrogen and oxygen atoms in total. The lowest BCUT2D eigenvalue weighted by Crippen LogP contribution is -2.24. The molecule has 0 aliphatic rings. The molecule has 2 heterocycles. The Balaban J connectivity index is 1.65. The number of hydrogen-bond acceptors (Lipinski definition) is 2. The van der Waals surface area contributed by atoms with E-state index in [4.69, 9.17) is 0 Å². The highest BCUT2D eigenvalue weighted by atomic mass is 19.1. The number of aromatic nitrogens is 3. The minimum Gasteiger partial charge on any atom is -0.348 e. The first-order valence-corrected chi connectivity index (χ1v) is 8.93. The Morgan fingerprint density at radius 3 is 2.39 bits per heavy atom. The molecular weight excluding hydrogens is 355 g/mol. The van der Waals surface area contributed by atoms with E-state index >= 15 is 0 Å². The fourth-order valence-corrected chi connectivity index (χ4v) is 2.98. The van der Waals surface area contributed by atoms with Crippen molar-refractivity contribution < 1.29 is 9.18 Å². The SMILES string of the molecule is Cc1ccc(CNC(=O)c2cnn(-c3ccc(F)cc3)c2-n2cccc2)cc1. The molecule has 0 fully saturated rings. The molecule has 1 N–H and O–H groups in total. The third-order valence-electron chi connectivity index (χ3n) is 4.48. The van der Waals surface area contributed by atoms with Crippen LogP contribution in [0.15, 0.2) is 79.3 Å². The predicted octanol–water partition coefficient (Wildman–Crippen LogP) is 4.04. The lowest BCUT2D eigenvalue weighted by molar-refractivity contribution is 0.0951. The van der Waals surface area contributed by atoms with Crippen LogP contribution in [0.3, 0.4) is 0 Å². The van der Waals surface area contributed by atoms with Crippen molar-refractivity contribution in [1.82, 2.24) is 19.7 Å². The summed E-state index contributed by atoms with van der Waals surface area (Å²) < 4.78 is 16.7.